The second-order valence-electron chi connectivity index (χ2n) is 4.59. The molecule has 0 spiro atoms. The molecule has 114 valence electrons. The van der Waals surface area contributed by atoms with E-state index >= 15 is 0 Å². The Morgan fingerprint density at radius 1 is 1.41 bits per heavy atom. The molecule has 2 heterocycles. The van der Waals surface area contributed by atoms with Crippen LogP contribution >= 0.6 is 0 Å². The molecule has 0 radical (unpaired) electrons. The minimum absolute atomic E-state index is 0.327. The molecule has 2 aromatic rings. The number of rotatable bonds is 5. The molecule has 1 fully saturated rings. The van der Waals surface area contributed by atoms with Crippen LogP contribution in [0.3, 0.4) is 0 Å². The van der Waals surface area contributed by atoms with Crippen molar-refractivity contribution in [2.45, 2.75) is 6.92 Å². The number of carbonyl (C=O) groups excluding carboxylic acids is 1. The maximum Gasteiger partial charge on any atom is 0.414 e. The second-order valence-corrected chi connectivity index (χ2v) is 4.59. The topological polar surface area (TPSA) is 76.6 Å². The number of nitrogens with one attached hydrogen (secondary N) is 1. The van der Waals surface area contributed by atoms with Crippen molar-refractivity contribution < 1.29 is 14.3 Å². The van der Waals surface area contributed by atoms with E-state index in [0.717, 1.165) is 11.4 Å². The monoisotopic (exact) mass is 300 g/mol. The average molecular weight is 300 g/mol. The normalized spacial score (nSPS) is 13.9. The van der Waals surface area contributed by atoms with E-state index in [-0.39, 0.29) is 6.09 Å². The predicted molar refractivity (Wildman–Crippen MR) is 81.6 cm³/mol. The van der Waals surface area contributed by atoms with E-state index in [1.54, 1.807) is 17.2 Å². The fourth-order valence-electron chi connectivity index (χ4n) is 2.14. The van der Waals surface area contributed by atoms with Gasteiger partial charge >= 0.3 is 6.09 Å². The summed E-state index contributed by atoms with van der Waals surface area (Å²) in [4.78, 5) is 21.6. The van der Waals surface area contributed by atoms with Crippen LogP contribution in [0.15, 0.2) is 36.5 Å². The van der Waals surface area contributed by atoms with Gasteiger partial charge in [0.05, 0.1) is 13.2 Å². The first-order valence-corrected chi connectivity index (χ1v) is 7.03. The molecule has 7 heteroatoms. The summed E-state index contributed by atoms with van der Waals surface area (Å²) in [6, 6.07) is 9.14. The van der Waals surface area contributed by atoms with Crippen molar-refractivity contribution in [2.75, 3.05) is 30.0 Å². The molecule has 0 atom stereocenters. The predicted octanol–water partition coefficient (Wildman–Crippen LogP) is 2.58. The number of ether oxygens (including phenoxy) is 2. The van der Waals surface area contributed by atoms with Gasteiger partial charge in [-0.15, -0.1) is 0 Å². The lowest BCUT2D eigenvalue weighted by atomic mass is 10.2. The summed E-state index contributed by atoms with van der Waals surface area (Å²) < 4.78 is 10.3. The first kappa shape index (κ1) is 14.1. The summed E-state index contributed by atoms with van der Waals surface area (Å²) in [6.07, 6.45) is 1.30. The molecule has 1 saturated heterocycles. The summed E-state index contributed by atoms with van der Waals surface area (Å²) in [6.45, 7) is 3.41. The third-order valence-corrected chi connectivity index (χ3v) is 3.10. The highest BCUT2D eigenvalue weighted by Crippen LogP contribution is 2.24. The lowest BCUT2D eigenvalue weighted by Gasteiger charge is -2.14. The van der Waals surface area contributed by atoms with Crippen LogP contribution in [0.1, 0.15) is 6.92 Å². The smallest absolute Gasteiger partial charge is 0.414 e. The number of anilines is 3. The van der Waals surface area contributed by atoms with Gasteiger partial charge in [0.2, 0.25) is 11.8 Å². The number of carbonyl (C=O) groups is 1. The van der Waals surface area contributed by atoms with Crippen LogP contribution in [0.2, 0.25) is 0 Å². The number of cyclic esters (lactones) is 1. The van der Waals surface area contributed by atoms with Crippen LogP contribution < -0.4 is 15.0 Å². The highest BCUT2D eigenvalue weighted by atomic mass is 16.6. The highest BCUT2D eigenvalue weighted by molar-refractivity contribution is 5.90. The molecule has 0 unspecified atom stereocenters. The average Bonchev–Trinajstić information content (AvgIpc) is 2.94. The van der Waals surface area contributed by atoms with Crippen molar-refractivity contribution in [1.29, 1.82) is 0 Å². The van der Waals surface area contributed by atoms with Gasteiger partial charge in [-0.3, -0.25) is 4.90 Å². The quantitative estimate of drug-likeness (QED) is 0.914. The van der Waals surface area contributed by atoms with Crippen molar-refractivity contribution in [2.24, 2.45) is 0 Å². The van der Waals surface area contributed by atoms with E-state index in [4.69, 9.17) is 9.47 Å². The van der Waals surface area contributed by atoms with Gasteiger partial charge in [0, 0.05) is 23.6 Å². The van der Waals surface area contributed by atoms with Gasteiger partial charge in [0.1, 0.15) is 6.61 Å². The number of hydrogen-bond acceptors (Lipinski definition) is 6. The van der Waals surface area contributed by atoms with Crippen LogP contribution in [0, 0.1) is 0 Å². The second kappa shape index (κ2) is 6.30. The van der Waals surface area contributed by atoms with Crippen LogP contribution in [-0.2, 0) is 4.74 Å². The van der Waals surface area contributed by atoms with Crippen molar-refractivity contribution >= 4 is 23.4 Å². The number of hydrogen-bond donors (Lipinski definition) is 1. The summed E-state index contributed by atoms with van der Waals surface area (Å²) in [5, 5.41) is 3.10. The molecule has 1 aromatic carbocycles. The van der Waals surface area contributed by atoms with Gasteiger partial charge in [0.15, 0.2) is 0 Å². The molecule has 1 aliphatic heterocycles. The lowest BCUT2D eigenvalue weighted by molar-refractivity contribution is 0.181. The van der Waals surface area contributed by atoms with Crippen LogP contribution in [0.4, 0.5) is 22.1 Å². The molecular weight excluding hydrogens is 284 g/mol. The van der Waals surface area contributed by atoms with E-state index in [9.17, 15) is 4.79 Å². The van der Waals surface area contributed by atoms with E-state index in [1.807, 2.05) is 31.2 Å². The fraction of sp³-hybridized carbons (Fsp3) is 0.267. The Hall–Kier alpha value is -2.83. The Bertz CT molecular complexity index is 677. The number of amides is 1. The number of nitrogens with zero attached hydrogens (tertiary/aromatic N) is 3. The summed E-state index contributed by atoms with van der Waals surface area (Å²) in [5.74, 6) is 0.950. The molecule has 7 nitrogen and oxygen atoms in total. The number of benzene rings is 1. The molecule has 1 N–H and O–H groups in total. The largest absolute Gasteiger partial charge is 0.478 e. The molecule has 0 bridgehead atoms. The summed E-state index contributed by atoms with van der Waals surface area (Å²) in [5.41, 5.74) is 1.55. The Balaban J connectivity index is 1.78. The maximum atomic E-state index is 11.6. The third kappa shape index (κ3) is 3.08. The summed E-state index contributed by atoms with van der Waals surface area (Å²) >= 11 is 0. The zero-order valence-corrected chi connectivity index (χ0v) is 12.2. The molecule has 0 saturated carbocycles. The van der Waals surface area contributed by atoms with Crippen LogP contribution in [-0.4, -0.2) is 35.8 Å². The third-order valence-electron chi connectivity index (χ3n) is 3.10. The van der Waals surface area contributed by atoms with Gasteiger partial charge < -0.3 is 14.8 Å². The van der Waals surface area contributed by atoms with Crippen LogP contribution in [0.25, 0.3) is 0 Å². The molecule has 22 heavy (non-hydrogen) atoms. The van der Waals surface area contributed by atoms with Gasteiger partial charge in [-0.25, -0.2) is 9.78 Å². The van der Waals surface area contributed by atoms with Crippen molar-refractivity contribution in [3.8, 4) is 5.88 Å². The van der Waals surface area contributed by atoms with Crippen LogP contribution in [0.5, 0.6) is 5.88 Å². The van der Waals surface area contributed by atoms with Gasteiger partial charge in [-0.2, -0.15) is 4.98 Å². The molecule has 0 aliphatic carbocycles. The zero-order valence-electron chi connectivity index (χ0n) is 12.2. The summed E-state index contributed by atoms with van der Waals surface area (Å²) in [7, 11) is 0. The molecular formula is C15H16N4O3. The SMILES string of the molecule is CCOc1ccnc(Nc2cccc(N3CCOC3=O)c2)n1. The van der Waals surface area contributed by atoms with Gasteiger partial charge in [0.25, 0.3) is 0 Å². The fourth-order valence-corrected chi connectivity index (χ4v) is 2.14. The highest BCUT2D eigenvalue weighted by Gasteiger charge is 2.23. The van der Waals surface area contributed by atoms with Gasteiger partial charge in [-0.05, 0) is 25.1 Å². The minimum Gasteiger partial charge on any atom is -0.478 e. The van der Waals surface area contributed by atoms with Crippen molar-refractivity contribution in [1.82, 2.24) is 9.97 Å². The van der Waals surface area contributed by atoms with E-state index in [0.29, 0.717) is 31.6 Å². The zero-order chi connectivity index (χ0) is 15.4. The number of aromatic nitrogens is 2. The minimum atomic E-state index is -0.327. The molecule has 3 rings (SSSR count). The Kier molecular flexibility index (Phi) is 4.04. The molecule has 1 amide bonds. The molecule has 1 aromatic heterocycles. The van der Waals surface area contributed by atoms with Gasteiger partial charge in [-0.1, -0.05) is 6.07 Å². The standard InChI is InChI=1S/C15H16N4O3/c1-2-21-13-6-7-16-14(18-13)17-11-4-3-5-12(10-11)19-8-9-22-15(19)20/h3-7,10H,2,8-9H2,1H3,(H,16,17,18). The Morgan fingerprint density at radius 2 is 2.32 bits per heavy atom. The van der Waals surface area contributed by atoms with E-state index in [2.05, 4.69) is 15.3 Å². The first-order valence-electron chi connectivity index (χ1n) is 7.03. The maximum absolute atomic E-state index is 11.6. The van der Waals surface area contributed by atoms with Crippen molar-refractivity contribution in [3.05, 3.63) is 36.5 Å². The van der Waals surface area contributed by atoms with E-state index < -0.39 is 0 Å². The van der Waals surface area contributed by atoms with E-state index in [1.165, 1.54) is 0 Å². The molecule has 1 aliphatic rings. The Labute approximate surface area is 127 Å². The van der Waals surface area contributed by atoms with Crippen molar-refractivity contribution in [3.63, 3.8) is 0 Å². The first-order chi connectivity index (χ1) is 10.8. The Morgan fingerprint density at radius 3 is 3.09 bits per heavy atom. The lowest BCUT2D eigenvalue weighted by Crippen LogP contribution is -2.23.